The number of hydrogen-bond acceptors (Lipinski definition) is 6. The van der Waals surface area contributed by atoms with Crippen molar-refractivity contribution in [3.63, 3.8) is 0 Å². The number of nitrogens with zero attached hydrogens (tertiary/aromatic N) is 3. The number of carbonyl (C=O) groups is 2. The number of likely N-dealkylation sites (tertiary alicyclic amines) is 1. The van der Waals surface area contributed by atoms with Gasteiger partial charge in [-0.2, -0.15) is 0 Å². The van der Waals surface area contributed by atoms with Crippen LogP contribution in [0.15, 0.2) is 39.9 Å². The Morgan fingerprint density at radius 2 is 2.18 bits per heavy atom. The monoisotopic (exact) mass is 401 g/mol. The molecule has 0 bridgehead atoms. The molecule has 2 aliphatic rings. The van der Waals surface area contributed by atoms with Crippen LogP contribution >= 0.6 is 11.8 Å². The van der Waals surface area contributed by atoms with Crippen LogP contribution in [0.5, 0.6) is 0 Å². The molecule has 2 amide bonds. The number of fused-ring (bicyclic) bond motifs is 1. The minimum Gasteiger partial charge on any atom is -0.461 e. The van der Waals surface area contributed by atoms with Crippen molar-refractivity contribution in [1.82, 2.24) is 9.80 Å². The standard InChI is InChI=1S/C20H23N3O4S/c24-19(8-7-16-10-14-4-1-2-6-18(14)27-16)22-9-3-5-17(22)20(25)23-13-28-12-15(23)11-21-26/h1-2,4,6,10-11,15,17,26H,3,5,7-9,12-13H2/t15-,17+/m1/s1. The summed E-state index contributed by atoms with van der Waals surface area (Å²) >= 11 is 1.62. The number of furan rings is 1. The lowest BCUT2D eigenvalue weighted by Crippen LogP contribution is -2.50. The van der Waals surface area contributed by atoms with Crippen molar-refractivity contribution >= 4 is 40.8 Å². The molecule has 7 nitrogen and oxygen atoms in total. The van der Waals surface area contributed by atoms with E-state index in [4.69, 9.17) is 9.62 Å². The van der Waals surface area contributed by atoms with Gasteiger partial charge in [-0.15, -0.1) is 11.8 Å². The normalized spacial score (nSPS) is 22.6. The third-order valence-corrected chi connectivity index (χ3v) is 6.40. The molecule has 0 spiro atoms. The SMILES string of the molecule is O=C([C@@H]1CCCN1C(=O)CCc1cc2ccccc2o1)N1CSC[C@H]1C=NO. The molecule has 2 aromatic rings. The number of rotatable bonds is 5. The van der Waals surface area contributed by atoms with Crippen molar-refractivity contribution in [3.8, 4) is 0 Å². The number of thioether (sulfide) groups is 1. The van der Waals surface area contributed by atoms with Crippen molar-refractivity contribution in [3.05, 3.63) is 36.1 Å². The molecule has 0 saturated carbocycles. The lowest BCUT2D eigenvalue weighted by molar-refractivity contribution is -0.143. The minimum absolute atomic E-state index is 0.0180. The van der Waals surface area contributed by atoms with E-state index in [0.717, 1.165) is 23.2 Å². The second-order valence-electron chi connectivity index (χ2n) is 7.14. The highest BCUT2D eigenvalue weighted by molar-refractivity contribution is 7.99. The molecule has 28 heavy (non-hydrogen) atoms. The summed E-state index contributed by atoms with van der Waals surface area (Å²) in [7, 11) is 0. The molecule has 0 radical (unpaired) electrons. The zero-order chi connectivity index (χ0) is 19.5. The number of benzene rings is 1. The van der Waals surface area contributed by atoms with Crippen molar-refractivity contribution in [2.75, 3.05) is 18.2 Å². The lowest BCUT2D eigenvalue weighted by atomic mass is 10.1. The molecule has 0 aliphatic carbocycles. The molecular formula is C20H23N3O4S. The van der Waals surface area contributed by atoms with E-state index < -0.39 is 6.04 Å². The summed E-state index contributed by atoms with van der Waals surface area (Å²) in [5, 5.41) is 12.9. The molecule has 1 aromatic heterocycles. The highest BCUT2D eigenvalue weighted by Crippen LogP contribution is 2.27. The fourth-order valence-corrected chi connectivity index (χ4v) is 5.06. The first-order valence-corrected chi connectivity index (χ1v) is 10.7. The third kappa shape index (κ3) is 3.73. The van der Waals surface area contributed by atoms with Crippen LogP contribution in [-0.4, -0.2) is 63.3 Å². The van der Waals surface area contributed by atoms with Crippen LogP contribution in [-0.2, 0) is 16.0 Å². The average Bonchev–Trinajstić information content (AvgIpc) is 3.44. The van der Waals surface area contributed by atoms with Crippen LogP contribution in [0.4, 0.5) is 0 Å². The predicted molar refractivity (Wildman–Crippen MR) is 108 cm³/mol. The maximum Gasteiger partial charge on any atom is 0.246 e. The molecule has 1 aromatic carbocycles. The fraction of sp³-hybridized carbons (Fsp3) is 0.450. The summed E-state index contributed by atoms with van der Waals surface area (Å²) in [6, 6.07) is 9.11. The molecule has 2 fully saturated rings. The Labute approximate surface area is 167 Å². The quantitative estimate of drug-likeness (QED) is 0.473. The van der Waals surface area contributed by atoms with Crippen LogP contribution in [0.25, 0.3) is 11.0 Å². The van der Waals surface area contributed by atoms with Gasteiger partial charge < -0.3 is 19.4 Å². The van der Waals surface area contributed by atoms with Gasteiger partial charge in [-0.25, -0.2) is 0 Å². The van der Waals surface area contributed by atoms with E-state index in [1.54, 1.807) is 21.6 Å². The van der Waals surface area contributed by atoms with Crippen molar-refractivity contribution in [1.29, 1.82) is 0 Å². The van der Waals surface area contributed by atoms with Crippen LogP contribution in [0.2, 0.25) is 0 Å². The lowest BCUT2D eigenvalue weighted by Gasteiger charge is -2.29. The number of amides is 2. The topological polar surface area (TPSA) is 86.4 Å². The van der Waals surface area contributed by atoms with Crippen LogP contribution in [0.3, 0.4) is 0 Å². The van der Waals surface area contributed by atoms with E-state index >= 15 is 0 Å². The zero-order valence-corrected chi connectivity index (χ0v) is 16.3. The molecule has 0 unspecified atom stereocenters. The largest absolute Gasteiger partial charge is 0.461 e. The molecule has 2 saturated heterocycles. The Balaban J connectivity index is 1.39. The van der Waals surface area contributed by atoms with E-state index in [1.165, 1.54) is 6.21 Å². The van der Waals surface area contributed by atoms with E-state index in [9.17, 15) is 9.59 Å². The van der Waals surface area contributed by atoms with Gasteiger partial charge in [0.2, 0.25) is 11.8 Å². The zero-order valence-electron chi connectivity index (χ0n) is 15.5. The molecule has 2 atom stereocenters. The Kier molecular flexibility index (Phi) is 5.57. The second kappa shape index (κ2) is 8.26. The summed E-state index contributed by atoms with van der Waals surface area (Å²) in [6.07, 6.45) is 3.73. The van der Waals surface area contributed by atoms with E-state index in [1.807, 2.05) is 30.3 Å². The molecule has 1 N–H and O–H groups in total. The molecular weight excluding hydrogens is 378 g/mol. The highest BCUT2D eigenvalue weighted by atomic mass is 32.2. The van der Waals surface area contributed by atoms with Gasteiger partial charge in [0.15, 0.2) is 0 Å². The summed E-state index contributed by atoms with van der Waals surface area (Å²) in [5.74, 6) is 1.99. The molecule has 2 aliphatic heterocycles. The summed E-state index contributed by atoms with van der Waals surface area (Å²) in [5.41, 5.74) is 0.822. The van der Waals surface area contributed by atoms with Crippen molar-refractivity contribution in [2.45, 2.75) is 37.8 Å². The van der Waals surface area contributed by atoms with Gasteiger partial charge in [-0.3, -0.25) is 9.59 Å². The van der Waals surface area contributed by atoms with E-state index in [2.05, 4.69) is 5.16 Å². The van der Waals surface area contributed by atoms with Gasteiger partial charge in [0.25, 0.3) is 0 Å². The Bertz CT molecular complexity index is 863. The average molecular weight is 401 g/mol. The first kappa shape index (κ1) is 18.9. The summed E-state index contributed by atoms with van der Waals surface area (Å²) < 4.78 is 5.79. The van der Waals surface area contributed by atoms with E-state index in [-0.39, 0.29) is 17.9 Å². The summed E-state index contributed by atoms with van der Waals surface area (Å²) in [6.45, 7) is 0.606. The molecule has 148 valence electrons. The Morgan fingerprint density at radius 3 is 3.00 bits per heavy atom. The Morgan fingerprint density at radius 1 is 1.32 bits per heavy atom. The smallest absolute Gasteiger partial charge is 0.246 e. The molecule has 8 heteroatoms. The van der Waals surface area contributed by atoms with Crippen LogP contribution in [0, 0.1) is 0 Å². The van der Waals surface area contributed by atoms with Gasteiger partial charge in [0, 0.05) is 30.5 Å². The van der Waals surface area contributed by atoms with Gasteiger partial charge in [-0.1, -0.05) is 23.4 Å². The summed E-state index contributed by atoms with van der Waals surface area (Å²) in [4.78, 5) is 29.2. The number of carbonyl (C=O) groups excluding carboxylic acids is 2. The first-order chi connectivity index (χ1) is 13.7. The van der Waals surface area contributed by atoms with Gasteiger partial charge in [-0.05, 0) is 25.0 Å². The van der Waals surface area contributed by atoms with Crippen molar-refractivity contribution in [2.24, 2.45) is 5.16 Å². The molecule has 3 heterocycles. The highest BCUT2D eigenvalue weighted by Gasteiger charge is 2.39. The van der Waals surface area contributed by atoms with Crippen LogP contribution in [0.1, 0.15) is 25.0 Å². The van der Waals surface area contributed by atoms with E-state index in [0.29, 0.717) is 37.4 Å². The number of aryl methyl sites for hydroxylation is 1. The maximum absolute atomic E-state index is 13.0. The van der Waals surface area contributed by atoms with Gasteiger partial charge in [0.1, 0.15) is 17.4 Å². The minimum atomic E-state index is -0.420. The predicted octanol–water partition coefficient (Wildman–Crippen LogP) is 2.72. The first-order valence-electron chi connectivity index (χ1n) is 9.50. The molecule has 4 rings (SSSR count). The third-order valence-electron chi connectivity index (χ3n) is 5.36. The fourth-order valence-electron chi connectivity index (χ4n) is 3.93. The number of para-hydroxylation sites is 1. The number of hydrogen-bond donors (Lipinski definition) is 1. The number of oxime groups is 1. The Hall–Kier alpha value is -2.48. The van der Waals surface area contributed by atoms with Crippen molar-refractivity contribution < 1.29 is 19.2 Å². The second-order valence-corrected chi connectivity index (χ2v) is 8.14. The van der Waals surface area contributed by atoms with Gasteiger partial charge >= 0.3 is 0 Å². The maximum atomic E-state index is 13.0. The van der Waals surface area contributed by atoms with Gasteiger partial charge in [0.05, 0.1) is 18.1 Å². The van der Waals surface area contributed by atoms with Crippen LogP contribution < -0.4 is 0 Å².